The highest BCUT2D eigenvalue weighted by Crippen LogP contribution is 2.38. The van der Waals surface area contributed by atoms with Crippen LogP contribution in [0.15, 0.2) is 41.5 Å². The predicted octanol–water partition coefficient (Wildman–Crippen LogP) is 3.45. The largest absolute Gasteiger partial charge is 0.493 e. The molecule has 0 aromatic heterocycles. The SMILES string of the molecule is COc1cc(C2=NN(Cc3ccc(C(F)(F)F)cc3)C(=O)CO2)cc(OC)c1OC. The average molecular weight is 424 g/mol. The number of carbonyl (C=O) groups excluding carboxylic acids is 1. The summed E-state index contributed by atoms with van der Waals surface area (Å²) in [5.41, 5.74) is 0.210. The van der Waals surface area contributed by atoms with E-state index in [1.807, 2.05) is 0 Å². The molecular formula is C20H19F3N2O5. The predicted molar refractivity (Wildman–Crippen MR) is 101 cm³/mol. The first-order chi connectivity index (χ1) is 14.3. The number of methoxy groups -OCH3 is 3. The van der Waals surface area contributed by atoms with Gasteiger partial charge in [-0.15, -0.1) is 5.10 Å². The van der Waals surface area contributed by atoms with Gasteiger partial charge in [0.2, 0.25) is 11.6 Å². The van der Waals surface area contributed by atoms with Crippen molar-refractivity contribution in [3.8, 4) is 17.2 Å². The number of hydrazone groups is 1. The van der Waals surface area contributed by atoms with Gasteiger partial charge >= 0.3 is 6.18 Å². The van der Waals surface area contributed by atoms with E-state index in [4.69, 9.17) is 18.9 Å². The smallest absolute Gasteiger partial charge is 0.416 e. The minimum atomic E-state index is -4.43. The fraction of sp³-hybridized carbons (Fsp3) is 0.300. The Balaban J connectivity index is 1.89. The Morgan fingerprint density at radius 2 is 1.63 bits per heavy atom. The van der Waals surface area contributed by atoms with Crippen LogP contribution in [0.2, 0.25) is 0 Å². The number of amides is 1. The van der Waals surface area contributed by atoms with Crippen molar-refractivity contribution in [1.82, 2.24) is 5.01 Å². The summed E-state index contributed by atoms with van der Waals surface area (Å²) >= 11 is 0. The maximum atomic E-state index is 12.7. The van der Waals surface area contributed by atoms with Crippen LogP contribution < -0.4 is 14.2 Å². The normalized spacial score (nSPS) is 14.1. The van der Waals surface area contributed by atoms with Crippen LogP contribution in [-0.4, -0.2) is 44.8 Å². The molecule has 0 aliphatic carbocycles. The molecule has 0 radical (unpaired) electrons. The number of nitrogens with zero attached hydrogens (tertiary/aromatic N) is 2. The van der Waals surface area contributed by atoms with E-state index in [2.05, 4.69) is 5.10 Å². The highest BCUT2D eigenvalue weighted by Gasteiger charge is 2.30. The monoisotopic (exact) mass is 424 g/mol. The Morgan fingerprint density at radius 1 is 1.03 bits per heavy atom. The Labute approximate surface area is 170 Å². The second-order valence-corrected chi connectivity index (χ2v) is 6.25. The van der Waals surface area contributed by atoms with Gasteiger partial charge in [0.25, 0.3) is 5.91 Å². The summed E-state index contributed by atoms with van der Waals surface area (Å²) in [5, 5.41) is 5.35. The Hall–Kier alpha value is -3.43. The molecule has 1 heterocycles. The standard InChI is InChI=1S/C20H19F3N2O5/c1-27-15-8-13(9-16(28-2)18(15)29-3)19-24-25(17(26)11-30-19)10-12-4-6-14(7-5-12)20(21,22)23/h4-9H,10-11H2,1-3H3. The van der Waals surface area contributed by atoms with E-state index < -0.39 is 17.6 Å². The van der Waals surface area contributed by atoms with Crippen molar-refractivity contribution in [2.24, 2.45) is 5.10 Å². The topological polar surface area (TPSA) is 69.6 Å². The number of carbonyl (C=O) groups is 1. The Morgan fingerprint density at radius 3 is 2.13 bits per heavy atom. The van der Waals surface area contributed by atoms with Crippen LogP contribution in [0.5, 0.6) is 17.2 Å². The maximum absolute atomic E-state index is 12.7. The van der Waals surface area contributed by atoms with Crippen molar-refractivity contribution in [2.45, 2.75) is 12.7 Å². The van der Waals surface area contributed by atoms with Gasteiger partial charge < -0.3 is 18.9 Å². The van der Waals surface area contributed by atoms with Crippen LogP contribution in [0.4, 0.5) is 13.2 Å². The fourth-order valence-electron chi connectivity index (χ4n) is 2.84. The molecule has 0 fully saturated rings. The third-order valence-electron chi connectivity index (χ3n) is 4.36. The van der Waals surface area contributed by atoms with Crippen LogP contribution in [0.1, 0.15) is 16.7 Å². The van der Waals surface area contributed by atoms with Crippen molar-refractivity contribution in [2.75, 3.05) is 27.9 Å². The van der Waals surface area contributed by atoms with E-state index in [0.717, 1.165) is 17.1 Å². The molecule has 160 valence electrons. The first-order valence-electron chi connectivity index (χ1n) is 8.75. The lowest BCUT2D eigenvalue weighted by Crippen LogP contribution is -2.36. The van der Waals surface area contributed by atoms with Gasteiger partial charge in [-0.1, -0.05) is 12.1 Å². The van der Waals surface area contributed by atoms with E-state index in [9.17, 15) is 18.0 Å². The van der Waals surface area contributed by atoms with Crippen molar-refractivity contribution < 1.29 is 36.9 Å². The van der Waals surface area contributed by atoms with Crippen molar-refractivity contribution in [3.05, 3.63) is 53.1 Å². The number of hydrogen-bond donors (Lipinski definition) is 0. The van der Waals surface area contributed by atoms with Crippen LogP contribution >= 0.6 is 0 Å². The van der Waals surface area contributed by atoms with Gasteiger partial charge in [0.1, 0.15) is 0 Å². The van der Waals surface area contributed by atoms with Crippen molar-refractivity contribution in [3.63, 3.8) is 0 Å². The van der Waals surface area contributed by atoms with E-state index in [1.54, 1.807) is 12.1 Å². The second-order valence-electron chi connectivity index (χ2n) is 6.25. The molecule has 7 nitrogen and oxygen atoms in total. The van der Waals surface area contributed by atoms with E-state index in [0.29, 0.717) is 28.4 Å². The number of ether oxygens (including phenoxy) is 4. The molecule has 0 atom stereocenters. The van der Waals surface area contributed by atoms with Gasteiger partial charge in [-0.3, -0.25) is 4.79 Å². The summed E-state index contributed by atoms with van der Waals surface area (Å²) in [7, 11) is 4.40. The molecule has 1 aliphatic rings. The molecule has 0 N–H and O–H groups in total. The minimum absolute atomic E-state index is 0.00570. The van der Waals surface area contributed by atoms with Crippen LogP contribution in [0.3, 0.4) is 0 Å². The summed E-state index contributed by atoms with van der Waals surface area (Å²) in [6.07, 6.45) is -4.43. The average Bonchev–Trinajstić information content (AvgIpc) is 2.73. The first-order valence-corrected chi connectivity index (χ1v) is 8.75. The highest BCUT2D eigenvalue weighted by molar-refractivity contribution is 5.99. The molecule has 1 amide bonds. The molecule has 0 bridgehead atoms. The van der Waals surface area contributed by atoms with Crippen molar-refractivity contribution in [1.29, 1.82) is 0 Å². The number of alkyl halides is 3. The molecule has 1 aliphatic heterocycles. The summed E-state index contributed by atoms with van der Waals surface area (Å²) in [6, 6.07) is 7.77. The lowest BCUT2D eigenvalue weighted by Gasteiger charge is -2.24. The molecule has 0 unspecified atom stereocenters. The summed E-state index contributed by atoms with van der Waals surface area (Å²) in [5.74, 6) is 0.860. The summed E-state index contributed by atoms with van der Waals surface area (Å²) < 4.78 is 59.5. The maximum Gasteiger partial charge on any atom is 0.416 e. The zero-order valence-corrected chi connectivity index (χ0v) is 16.4. The molecule has 0 spiro atoms. The molecule has 0 saturated carbocycles. The molecule has 2 aromatic carbocycles. The second kappa shape index (κ2) is 8.52. The van der Waals surface area contributed by atoms with E-state index in [-0.39, 0.29) is 19.0 Å². The van der Waals surface area contributed by atoms with Gasteiger partial charge in [0, 0.05) is 5.56 Å². The lowest BCUT2D eigenvalue weighted by atomic mass is 10.1. The first kappa shape index (κ1) is 21.3. The molecule has 30 heavy (non-hydrogen) atoms. The van der Waals surface area contributed by atoms with Crippen LogP contribution in [-0.2, 0) is 22.3 Å². The number of rotatable bonds is 6. The van der Waals surface area contributed by atoms with Gasteiger partial charge in [-0.2, -0.15) is 13.2 Å². The lowest BCUT2D eigenvalue weighted by molar-refractivity contribution is -0.138. The number of hydrogen-bond acceptors (Lipinski definition) is 6. The number of halogens is 3. The zero-order valence-electron chi connectivity index (χ0n) is 16.4. The third-order valence-corrected chi connectivity index (χ3v) is 4.36. The molecule has 10 heteroatoms. The van der Waals surface area contributed by atoms with Gasteiger partial charge in [-0.05, 0) is 29.8 Å². The van der Waals surface area contributed by atoms with Crippen molar-refractivity contribution >= 4 is 11.8 Å². The molecular weight excluding hydrogens is 405 g/mol. The highest BCUT2D eigenvalue weighted by atomic mass is 19.4. The van der Waals surface area contributed by atoms with E-state index >= 15 is 0 Å². The van der Waals surface area contributed by atoms with Crippen LogP contribution in [0.25, 0.3) is 0 Å². The van der Waals surface area contributed by atoms with Crippen LogP contribution in [0, 0.1) is 0 Å². The molecule has 3 rings (SSSR count). The van der Waals surface area contributed by atoms with Gasteiger partial charge in [0.05, 0.1) is 33.4 Å². The fourth-order valence-corrected chi connectivity index (χ4v) is 2.84. The van der Waals surface area contributed by atoms with E-state index in [1.165, 1.54) is 33.5 Å². The summed E-state index contributed by atoms with van der Waals surface area (Å²) in [6.45, 7) is -0.273. The minimum Gasteiger partial charge on any atom is -0.493 e. The third kappa shape index (κ3) is 4.42. The Bertz CT molecular complexity index is 933. The zero-order chi connectivity index (χ0) is 21.9. The quantitative estimate of drug-likeness (QED) is 0.711. The molecule has 0 saturated heterocycles. The Kier molecular flexibility index (Phi) is 6.04. The number of benzene rings is 2. The molecule has 2 aromatic rings. The summed E-state index contributed by atoms with van der Waals surface area (Å²) in [4.78, 5) is 12.2. The van der Waals surface area contributed by atoms with Gasteiger partial charge in [0.15, 0.2) is 18.1 Å². The van der Waals surface area contributed by atoms with Gasteiger partial charge in [-0.25, -0.2) is 5.01 Å².